The first kappa shape index (κ1) is 10.1. The van der Waals surface area contributed by atoms with Gasteiger partial charge in [-0.25, -0.2) is 0 Å². The summed E-state index contributed by atoms with van der Waals surface area (Å²) in [6.07, 6.45) is 3.18. The summed E-state index contributed by atoms with van der Waals surface area (Å²) in [5.74, 6) is 6.20. The molecule has 0 radical (unpaired) electrons. The molecule has 0 N–H and O–H groups in total. The second-order valence-corrected chi connectivity index (χ2v) is 3.45. The van der Waals surface area contributed by atoms with Crippen LogP contribution in [-0.2, 0) is 0 Å². The minimum Gasteiger partial charge on any atom is -0.301 e. The predicted octanol–water partition coefficient (Wildman–Crippen LogP) is 1.64. The Balaban J connectivity index is 2.25. The summed E-state index contributed by atoms with van der Waals surface area (Å²) in [4.78, 5) is 2.35. The maximum absolute atomic E-state index is 8.78. The van der Waals surface area contributed by atoms with Gasteiger partial charge in [0.1, 0.15) is 0 Å². The summed E-state index contributed by atoms with van der Waals surface area (Å²) in [5, 5.41) is 8.78. The van der Waals surface area contributed by atoms with Crippen LogP contribution in [0.1, 0.15) is 26.2 Å². The molecule has 1 atom stereocenters. The van der Waals surface area contributed by atoms with Crippen LogP contribution < -0.4 is 0 Å². The molecule has 2 nitrogen and oxygen atoms in total. The van der Waals surface area contributed by atoms with E-state index in [4.69, 9.17) is 5.26 Å². The second kappa shape index (κ2) is 5.62. The van der Waals surface area contributed by atoms with E-state index in [1.165, 1.54) is 0 Å². The van der Waals surface area contributed by atoms with Gasteiger partial charge < -0.3 is 4.90 Å². The Bertz CT molecular complexity index is 241. The maximum Gasteiger partial charge on any atom is 0.0669 e. The molecular weight excluding hydrogens is 160 g/mol. The summed E-state index contributed by atoms with van der Waals surface area (Å²) in [6, 6.07) is 2.35. The van der Waals surface area contributed by atoms with E-state index in [-0.39, 0.29) is 5.92 Å². The lowest BCUT2D eigenvalue weighted by atomic mass is 10.00. The van der Waals surface area contributed by atoms with Crippen molar-refractivity contribution in [3.8, 4) is 17.9 Å². The van der Waals surface area contributed by atoms with Gasteiger partial charge in [-0.2, -0.15) is 5.26 Å². The molecule has 0 aliphatic carbocycles. The standard InChI is InChI=1S/C11H16N2/c1-2-3-4-7-13-8-5-6-11(9-12)10-13/h11H,4-8,10H2,1H3. The van der Waals surface area contributed by atoms with Crippen molar-refractivity contribution in [2.75, 3.05) is 19.6 Å². The van der Waals surface area contributed by atoms with Gasteiger partial charge in [-0.1, -0.05) is 0 Å². The van der Waals surface area contributed by atoms with Crippen LogP contribution in [0.5, 0.6) is 0 Å². The van der Waals surface area contributed by atoms with Gasteiger partial charge in [0.05, 0.1) is 12.0 Å². The first-order valence-corrected chi connectivity index (χ1v) is 4.88. The van der Waals surface area contributed by atoms with Crippen LogP contribution in [0.2, 0.25) is 0 Å². The highest BCUT2D eigenvalue weighted by Crippen LogP contribution is 2.15. The average molecular weight is 176 g/mol. The van der Waals surface area contributed by atoms with Gasteiger partial charge in [0.2, 0.25) is 0 Å². The lowest BCUT2D eigenvalue weighted by Crippen LogP contribution is -2.35. The lowest BCUT2D eigenvalue weighted by molar-refractivity contribution is 0.204. The Morgan fingerprint density at radius 3 is 3.08 bits per heavy atom. The van der Waals surface area contributed by atoms with Gasteiger partial charge in [0, 0.05) is 19.5 Å². The minimum atomic E-state index is 0.253. The van der Waals surface area contributed by atoms with E-state index in [1.54, 1.807) is 0 Å². The molecule has 0 saturated carbocycles. The van der Waals surface area contributed by atoms with Gasteiger partial charge in [-0.3, -0.25) is 0 Å². The van der Waals surface area contributed by atoms with E-state index in [2.05, 4.69) is 22.8 Å². The van der Waals surface area contributed by atoms with Gasteiger partial charge in [0.15, 0.2) is 0 Å². The van der Waals surface area contributed by atoms with E-state index < -0.39 is 0 Å². The monoisotopic (exact) mass is 176 g/mol. The number of hydrogen-bond donors (Lipinski definition) is 0. The normalized spacial score (nSPS) is 22.9. The van der Waals surface area contributed by atoms with Crippen LogP contribution >= 0.6 is 0 Å². The fourth-order valence-corrected chi connectivity index (χ4v) is 1.70. The molecule has 0 aromatic carbocycles. The summed E-state index contributed by atoms with van der Waals surface area (Å²) in [6.45, 7) is 4.98. The van der Waals surface area contributed by atoms with E-state index >= 15 is 0 Å². The summed E-state index contributed by atoms with van der Waals surface area (Å²) in [5.41, 5.74) is 0. The molecule has 1 rings (SSSR count). The van der Waals surface area contributed by atoms with Gasteiger partial charge in [0.25, 0.3) is 0 Å². The summed E-state index contributed by atoms with van der Waals surface area (Å²) < 4.78 is 0. The highest BCUT2D eigenvalue weighted by Gasteiger charge is 2.18. The van der Waals surface area contributed by atoms with Crippen molar-refractivity contribution in [2.24, 2.45) is 5.92 Å². The van der Waals surface area contributed by atoms with Crippen molar-refractivity contribution in [2.45, 2.75) is 26.2 Å². The molecule has 1 saturated heterocycles. The van der Waals surface area contributed by atoms with E-state index in [1.807, 2.05) is 6.92 Å². The number of likely N-dealkylation sites (tertiary alicyclic amines) is 1. The number of piperidine rings is 1. The van der Waals surface area contributed by atoms with Gasteiger partial charge in [-0.15, -0.1) is 11.8 Å². The molecule has 1 aliphatic heterocycles. The van der Waals surface area contributed by atoms with Gasteiger partial charge >= 0.3 is 0 Å². The number of rotatable bonds is 2. The topological polar surface area (TPSA) is 27.0 Å². The van der Waals surface area contributed by atoms with Crippen LogP contribution in [-0.4, -0.2) is 24.5 Å². The highest BCUT2D eigenvalue weighted by molar-refractivity contribution is 4.96. The fourth-order valence-electron chi connectivity index (χ4n) is 1.70. The van der Waals surface area contributed by atoms with E-state index in [0.717, 1.165) is 38.9 Å². The Labute approximate surface area is 80.5 Å². The van der Waals surface area contributed by atoms with Crippen molar-refractivity contribution in [3.05, 3.63) is 0 Å². The van der Waals surface area contributed by atoms with E-state index in [9.17, 15) is 0 Å². The van der Waals surface area contributed by atoms with Crippen LogP contribution in [0, 0.1) is 29.1 Å². The molecular formula is C11H16N2. The van der Waals surface area contributed by atoms with E-state index in [0.29, 0.717) is 0 Å². The summed E-state index contributed by atoms with van der Waals surface area (Å²) >= 11 is 0. The molecule has 0 spiro atoms. The molecule has 13 heavy (non-hydrogen) atoms. The molecule has 0 bridgehead atoms. The van der Waals surface area contributed by atoms with Crippen LogP contribution in [0.15, 0.2) is 0 Å². The summed E-state index contributed by atoms with van der Waals surface area (Å²) in [7, 11) is 0. The maximum atomic E-state index is 8.78. The molecule has 70 valence electrons. The Morgan fingerprint density at radius 2 is 2.38 bits per heavy atom. The zero-order valence-electron chi connectivity index (χ0n) is 8.21. The van der Waals surface area contributed by atoms with Crippen LogP contribution in [0.4, 0.5) is 0 Å². The molecule has 0 amide bonds. The molecule has 2 heteroatoms. The smallest absolute Gasteiger partial charge is 0.0669 e. The number of nitriles is 1. The fraction of sp³-hybridized carbons (Fsp3) is 0.727. The first-order chi connectivity index (χ1) is 6.36. The zero-order valence-corrected chi connectivity index (χ0v) is 8.21. The largest absolute Gasteiger partial charge is 0.301 e. The third-order valence-electron chi connectivity index (χ3n) is 2.42. The quantitative estimate of drug-likeness (QED) is 0.598. The molecule has 0 aromatic heterocycles. The van der Waals surface area contributed by atoms with Crippen molar-refractivity contribution < 1.29 is 0 Å². The molecule has 1 heterocycles. The minimum absolute atomic E-state index is 0.253. The average Bonchev–Trinajstić information content (AvgIpc) is 2.19. The number of nitrogens with zero attached hydrogens (tertiary/aromatic N) is 2. The molecule has 1 fully saturated rings. The highest BCUT2D eigenvalue weighted by atomic mass is 15.1. The number of hydrogen-bond acceptors (Lipinski definition) is 2. The predicted molar refractivity (Wildman–Crippen MR) is 52.8 cm³/mol. The Hall–Kier alpha value is -0.990. The Kier molecular flexibility index (Phi) is 4.36. The second-order valence-electron chi connectivity index (χ2n) is 3.45. The van der Waals surface area contributed by atoms with Crippen LogP contribution in [0.3, 0.4) is 0 Å². The van der Waals surface area contributed by atoms with Crippen molar-refractivity contribution in [1.29, 1.82) is 5.26 Å². The van der Waals surface area contributed by atoms with Crippen molar-refractivity contribution in [3.63, 3.8) is 0 Å². The van der Waals surface area contributed by atoms with Crippen molar-refractivity contribution >= 4 is 0 Å². The SMILES string of the molecule is CC#CCCN1CCCC(C#N)C1. The van der Waals surface area contributed by atoms with Gasteiger partial charge in [-0.05, 0) is 26.3 Å². The third-order valence-corrected chi connectivity index (χ3v) is 2.42. The molecule has 0 aromatic rings. The Morgan fingerprint density at radius 1 is 1.54 bits per heavy atom. The third kappa shape index (κ3) is 3.49. The first-order valence-electron chi connectivity index (χ1n) is 4.88. The zero-order chi connectivity index (χ0) is 9.52. The molecule has 1 unspecified atom stereocenters. The lowest BCUT2D eigenvalue weighted by Gasteiger charge is -2.28. The van der Waals surface area contributed by atoms with Crippen LogP contribution in [0.25, 0.3) is 0 Å². The molecule has 1 aliphatic rings. The van der Waals surface area contributed by atoms with Crippen molar-refractivity contribution in [1.82, 2.24) is 4.90 Å².